The van der Waals surface area contributed by atoms with Gasteiger partial charge in [0.1, 0.15) is 5.75 Å². The Balaban J connectivity index is 2.53. The third-order valence-corrected chi connectivity index (χ3v) is 2.32. The lowest BCUT2D eigenvalue weighted by Crippen LogP contribution is -2.22. The molecule has 94 valence electrons. The number of amides is 1. The van der Waals surface area contributed by atoms with Gasteiger partial charge in [0.15, 0.2) is 0 Å². The van der Waals surface area contributed by atoms with Crippen molar-refractivity contribution < 1.29 is 21.9 Å². The molecule has 2 N–H and O–H groups in total. The molecule has 0 unspecified atom stereocenters. The first-order valence-corrected chi connectivity index (χ1v) is 6.23. The molecule has 1 aromatic rings. The number of nitrogens with one attached hydrogen (secondary N) is 1. The largest absolute Gasteiger partial charge is 0.446 e. The van der Waals surface area contributed by atoms with Crippen LogP contribution in [0.1, 0.15) is 12.5 Å². The molecule has 0 aromatic heterocycles. The first-order chi connectivity index (χ1) is 7.87. The Bertz CT molecular complexity index is 480. The summed E-state index contributed by atoms with van der Waals surface area (Å²) < 4.78 is 33.5. The number of carbonyl (C=O) groups is 1. The summed E-state index contributed by atoms with van der Waals surface area (Å²) in [5.74, 6) is -0.0629. The summed E-state index contributed by atoms with van der Waals surface area (Å²) in [7, 11) is -4.48. The predicted molar refractivity (Wildman–Crippen MR) is 61.0 cm³/mol. The van der Waals surface area contributed by atoms with E-state index < -0.39 is 10.4 Å². The molecule has 1 aromatic carbocycles. The summed E-state index contributed by atoms with van der Waals surface area (Å²) in [4.78, 5) is 10.6. The van der Waals surface area contributed by atoms with Crippen LogP contribution in [0.5, 0.6) is 5.75 Å². The average Bonchev–Trinajstić information content (AvgIpc) is 2.18. The number of hydrogen-bond acceptors (Lipinski definition) is 4. The molecule has 6 nitrogen and oxygen atoms in total. The fourth-order valence-corrected chi connectivity index (χ4v) is 1.57. The monoisotopic (exact) mass is 259 g/mol. The number of rotatable bonds is 5. The maximum atomic E-state index is 10.6. The van der Waals surface area contributed by atoms with E-state index in [1.807, 2.05) is 0 Å². The Kier molecular flexibility index (Phi) is 4.47. The summed E-state index contributed by atoms with van der Waals surface area (Å²) in [5.41, 5.74) is 0.918. The molecule has 0 fully saturated rings. The van der Waals surface area contributed by atoms with Crippen LogP contribution in [0.4, 0.5) is 0 Å². The fraction of sp³-hybridized carbons (Fsp3) is 0.300. The van der Waals surface area contributed by atoms with E-state index in [2.05, 4.69) is 9.50 Å². The molecule has 0 saturated heterocycles. The van der Waals surface area contributed by atoms with Crippen LogP contribution in [-0.2, 0) is 21.6 Å². The van der Waals surface area contributed by atoms with Gasteiger partial charge in [-0.1, -0.05) is 12.1 Å². The van der Waals surface area contributed by atoms with Gasteiger partial charge < -0.3 is 9.50 Å². The molecule has 1 rings (SSSR count). The molecule has 0 atom stereocenters. The van der Waals surface area contributed by atoms with Gasteiger partial charge in [-0.2, -0.15) is 8.42 Å². The minimum absolute atomic E-state index is 0.0378. The highest BCUT2D eigenvalue weighted by Gasteiger charge is 2.06. The Hall–Kier alpha value is -1.60. The maximum absolute atomic E-state index is 10.6. The van der Waals surface area contributed by atoms with Crippen molar-refractivity contribution in [1.29, 1.82) is 0 Å². The molecular weight excluding hydrogens is 246 g/mol. The second-order valence-electron chi connectivity index (χ2n) is 3.39. The van der Waals surface area contributed by atoms with Gasteiger partial charge in [0.2, 0.25) is 5.91 Å². The summed E-state index contributed by atoms with van der Waals surface area (Å²) in [6.45, 7) is 1.94. The number of hydrogen-bond donors (Lipinski definition) is 2. The highest BCUT2D eigenvalue weighted by Crippen LogP contribution is 2.13. The van der Waals surface area contributed by atoms with Crippen LogP contribution in [0, 0.1) is 0 Å². The van der Waals surface area contributed by atoms with Gasteiger partial charge in [0, 0.05) is 13.5 Å². The van der Waals surface area contributed by atoms with Gasteiger partial charge >= 0.3 is 10.4 Å². The zero-order chi connectivity index (χ0) is 12.9. The van der Waals surface area contributed by atoms with Crippen molar-refractivity contribution in [3.63, 3.8) is 0 Å². The lowest BCUT2D eigenvalue weighted by Gasteiger charge is -2.04. The Morgan fingerprint density at radius 2 is 1.94 bits per heavy atom. The first kappa shape index (κ1) is 13.5. The summed E-state index contributed by atoms with van der Waals surface area (Å²) >= 11 is 0. The van der Waals surface area contributed by atoms with Crippen molar-refractivity contribution in [2.75, 3.05) is 6.54 Å². The van der Waals surface area contributed by atoms with E-state index in [1.54, 1.807) is 12.1 Å². The van der Waals surface area contributed by atoms with Crippen LogP contribution in [0.3, 0.4) is 0 Å². The van der Waals surface area contributed by atoms with Crippen LogP contribution >= 0.6 is 0 Å². The van der Waals surface area contributed by atoms with Crippen LogP contribution in [0.25, 0.3) is 0 Å². The van der Waals surface area contributed by atoms with E-state index in [4.69, 9.17) is 4.55 Å². The van der Waals surface area contributed by atoms with Gasteiger partial charge in [-0.3, -0.25) is 9.35 Å². The molecule has 1 amide bonds. The standard InChI is InChI=1S/C10H13NO5S/c1-8(12)11-7-6-9-2-4-10(5-3-9)16-17(13,14)15/h2-5H,6-7H2,1H3,(H,11,12)(H,13,14,15). The van der Waals surface area contributed by atoms with Crippen molar-refractivity contribution in [3.05, 3.63) is 29.8 Å². The van der Waals surface area contributed by atoms with Crippen LogP contribution < -0.4 is 9.50 Å². The second-order valence-corrected chi connectivity index (χ2v) is 4.41. The molecular formula is C10H13NO5S. The minimum Gasteiger partial charge on any atom is -0.362 e. The Morgan fingerprint density at radius 1 is 1.35 bits per heavy atom. The quantitative estimate of drug-likeness (QED) is 0.753. The van der Waals surface area contributed by atoms with E-state index in [9.17, 15) is 13.2 Å². The minimum atomic E-state index is -4.48. The van der Waals surface area contributed by atoms with Crippen molar-refractivity contribution in [3.8, 4) is 5.75 Å². The van der Waals surface area contributed by atoms with Crippen molar-refractivity contribution in [2.24, 2.45) is 0 Å². The average molecular weight is 259 g/mol. The highest BCUT2D eigenvalue weighted by molar-refractivity contribution is 7.81. The van der Waals surface area contributed by atoms with Crippen LogP contribution in [-0.4, -0.2) is 25.4 Å². The van der Waals surface area contributed by atoms with Crippen LogP contribution in [0.2, 0.25) is 0 Å². The zero-order valence-corrected chi connectivity index (χ0v) is 10.0. The smallest absolute Gasteiger partial charge is 0.362 e. The predicted octanol–water partition coefficient (Wildman–Crippen LogP) is 0.547. The van der Waals surface area contributed by atoms with E-state index >= 15 is 0 Å². The van der Waals surface area contributed by atoms with E-state index in [1.165, 1.54) is 19.1 Å². The Morgan fingerprint density at radius 3 is 2.41 bits per heavy atom. The Labute approximate surface area is 99.6 Å². The summed E-state index contributed by atoms with van der Waals surface area (Å²) in [6.07, 6.45) is 0.631. The first-order valence-electron chi connectivity index (χ1n) is 4.87. The molecule has 0 aliphatic rings. The van der Waals surface area contributed by atoms with E-state index in [0.29, 0.717) is 13.0 Å². The second kappa shape index (κ2) is 5.65. The normalized spacial score (nSPS) is 10.9. The molecule has 0 aliphatic heterocycles. The van der Waals surface area contributed by atoms with E-state index in [-0.39, 0.29) is 11.7 Å². The summed E-state index contributed by atoms with van der Waals surface area (Å²) in [5, 5.41) is 2.64. The molecule has 0 aliphatic carbocycles. The molecule has 0 radical (unpaired) electrons. The van der Waals surface area contributed by atoms with Crippen molar-refractivity contribution >= 4 is 16.3 Å². The molecule has 0 heterocycles. The van der Waals surface area contributed by atoms with Crippen molar-refractivity contribution in [2.45, 2.75) is 13.3 Å². The third kappa shape index (κ3) is 5.88. The highest BCUT2D eigenvalue weighted by atomic mass is 32.3. The molecule has 0 saturated carbocycles. The number of carbonyl (C=O) groups excluding carboxylic acids is 1. The van der Waals surface area contributed by atoms with E-state index in [0.717, 1.165) is 5.56 Å². The third-order valence-electron chi connectivity index (χ3n) is 1.91. The van der Waals surface area contributed by atoms with Gasteiger partial charge in [0.25, 0.3) is 0 Å². The lowest BCUT2D eigenvalue weighted by atomic mass is 10.1. The van der Waals surface area contributed by atoms with Gasteiger partial charge in [0.05, 0.1) is 0 Å². The zero-order valence-electron chi connectivity index (χ0n) is 9.21. The molecule has 0 spiro atoms. The fourth-order valence-electron chi connectivity index (χ4n) is 1.22. The van der Waals surface area contributed by atoms with Gasteiger partial charge in [-0.25, -0.2) is 0 Å². The topological polar surface area (TPSA) is 92.7 Å². The molecule has 7 heteroatoms. The van der Waals surface area contributed by atoms with Crippen LogP contribution in [0.15, 0.2) is 24.3 Å². The molecule has 0 bridgehead atoms. The maximum Gasteiger partial charge on any atom is 0.446 e. The lowest BCUT2D eigenvalue weighted by molar-refractivity contribution is -0.118. The van der Waals surface area contributed by atoms with Crippen molar-refractivity contribution in [1.82, 2.24) is 5.32 Å². The number of benzene rings is 1. The molecule has 17 heavy (non-hydrogen) atoms. The summed E-state index contributed by atoms with van der Waals surface area (Å²) in [6, 6.07) is 6.17. The van der Waals surface area contributed by atoms with Gasteiger partial charge in [-0.05, 0) is 24.1 Å². The SMILES string of the molecule is CC(=O)NCCc1ccc(OS(=O)(=O)O)cc1. The van der Waals surface area contributed by atoms with Gasteiger partial charge in [-0.15, -0.1) is 0 Å².